The van der Waals surface area contributed by atoms with Gasteiger partial charge in [-0.05, 0) is 69.9 Å². The zero-order chi connectivity index (χ0) is 24.9. The Labute approximate surface area is 198 Å². The number of likely N-dealkylation sites (N-methyl/N-ethyl adjacent to an activating group) is 1. The first-order valence-corrected chi connectivity index (χ1v) is 12.3. The molecule has 0 radical (unpaired) electrons. The topological polar surface area (TPSA) is 80.8 Å². The molecule has 0 atom stereocenters. The molecule has 0 spiro atoms. The van der Waals surface area contributed by atoms with E-state index in [0.717, 1.165) is 12.1 Å². The van der Waals surface area contributed by atoms with Crippen molar-refractivity contribution < 1.29 is 26.7 Å². The van der Waals surface area contributed by atoms with E-state index in [2.05, 4.69) is 9.71 Å². The summed E-state index contributed by atoms with van der Waals surface area (Å²) >= 11 is 0. The standard InChI is InChI=1S/C24H27F2N3O4S/c1-5-34(30,31)28-19-7-9-22(33-23-8-6-18(25)14-21(23)26)20(15-19)17-12-16(2)27-24(13-17)32-11-10-29(3)4/h6-9,12-15,28H,5,10-11H2,1-4H3. The third-order valence-corrected chi connectivity index (χ3v) is 6.08. The Morgan fingerprint density at radius 3 is 2.44 bits per heavy atom. The van der Waals surface area contributed by atoms with Crippen LogP contribution < -0.4 is 14.2 Å². The summed E-state index contributed by atoms with van der Waals surface area (Å²) in [5.74, 6) is -1.22. The molecule has 2 aromatic carbocycles. The molecule has 3 aromatic rings. The van der Waals surface area contributed by atoms with Crippen molar-refractivity contribution in [3.8, 4) is 28.5 Å². The lowest BCUT2D eigenvalue weighted by Crippen LogP contribution is -2.19. The largest absolute Gasteiger partial charge is 0.476 e. The highest BCUT2D eigenvalue weighted by molar-refractivity contribution is 7.92. The lowest BCUT2D eigenvalue weighted by atomic mass is 10.0. The molecule has 0 aliphatic rings. The van der Waals surface area contributed by atoms with Crippen molar-refractivity contribution >= 4 is 15.7 Å². The Bertz CT molecular complexity index is 1270. The number of sulfonamides is 1. The average molecular weight is 492 g/mol. The predicted octanol–water partition coefficient (Wildman–Crippen LogP) is 4.83. The first kappa shape index (κ1) is 25.4. The van der Waals surface area contributed by atoms with Gasteiger partial charge in [0.05, 0.1) is 5.75 Å². The van der Waals surface area contributed by atoms with Crippen LogP contribution in [0.3, 0.4) is 0 Å². The first-order chi connectivity index (χ1) is 16.1. The summed E-state index contributed by atoms with van der Waals surface area (Å²) in [6, 6.07) is 11.1. The molecule has 0 unspecified atom stereocenters. The van der Waals surface area contributed by atoms with Crippen molar-refractivity contribution in [1.82, 2.24) is 9.88 Å². The van der Waals surface area contributed by atoms with Crippen LogP contribution in [0.1, 0.15) is 12.6 Å². The average Bonchev–Trinajstić information content (AvgIpc) is 2.75. The Morgan fingerprint density at radius 1 is 1.03 bits per heavy atom. The molecule has 7 nitrogen and oxygen atoms in total. The maximum absolute atomic E-state index is 14.3. The van der Waals surface area contributed by atoms with E-state index in [0.29, 0.717) is 41.5 Å². The number of rotatable bonds is 10. The van der Waals surface area contributed by atoms with Gasteiger partial charge >= 0.3 is 0 Å². The molecule has 0 aliphatic heterocycles. The lowest BCUT2D eigenvalue weighted by Gasteiger charge is -2.16. The van der Waals surface area contributed by atoms with E-state index in [1.807, 2.05) is 19.0 Å². The molecule has 3 rings (SSSR count). The van der Waals surface area contributed by atoms with Gasteiger partial charge in [0.1, 0.15) is 18.2 Å². The molecule has 0 amide bonds. The maximum atomic E-state index is 14.3. The highest BCUT2D eigenvalue weighted by atomic mass is 32.2. The van der Waals surface area contributed by atoms with Gasteiger partial charge in [0.25, 0.3) is 0 Å². The van der Waals surface area contributed by atoms with E-state index in [9.17, 15) is 17.2 Å². The smallest absolute Gasteiger partial charge is 0.232 e. The third-order valence-electron chi connectivity index (χ3n) is 4.78. The van der Waals surface area contributed by atoms with Gasteiger partial charge < -0.3 is 14.4 Å². The van der Waals surface area contributed by atoms with Gasteiger partial charge in [0.15, 0.2) is 11.6 Å². The summed E-state index contributed by atoms with van der Waals surface area (Å²) in [6.45, 7) is 4.44. The van der Waals surface area contributed by atoms with Crippen LogP contribution >= 0.6 is 0 Å². The second kappa shape index (κ2) is 10.8. The van der Waals surface area contributed by atoms with Crippen LogP contribution in [0, 0.1) is 18.6 Å². The summed E-state index contributed by atoms with van der Waals surface area (Å²) in [7, 11) is 0.335. The molecule has 0 aliphatic carbocycles. The molecule has 1 N–H and O–H groups in total. The van der Waals surface area contributed by atoms with Crippen LogP contribution in [0.25, 0.3) is 11.1 Å². The van der Waals surface area contributed by atoms with Gasteiger partial charge in [-0.1, -0.05) is 0 Å². The molecule has 0 fully saturated rings. The molecule has 182 valence electrons. The predicted molar refractivity (Wildman–Crippen MR) is 128 cm³/mol. The quantitative estimate of drug-likeness (QED) is 0.438. The fourth-order valence-corrected chi connectivity index (χ4v) is 3.67. The fraction of sp³-hybridized carbons (Fsp3) is 0.292. The summed E-state index contributed by atoms with van der Waals surface area (Å²) in [6.07, 6.45) is 0. The number of halogens is 2. The van der Waals surface area contributed by atoms with Gasteiger partial charge in [0, 0.05) is 35.6 Å². The molecule has 1 aromatic heterocycles. The van der Waals surface area contributed by atoms with Gasteiger partial charge in [-0.25, -0.2) is 22.2 Å². The molecular weight excluding hydrogens is 464 g/mol. The van der Waals surface area contributed by atoms with Crippen molar-refractivity contribution in [3.63, 3.8) is 0 Å². The zero-order valence-electron chi connectivity index (χ0n) is 19.4. The second-order valence-corrected chi connectivity index (χ2v) is 9.89. The van der Waals surface area contributed by atoms with Crippen LogP contribution in [0.4, 0.5) is 14.5 Å². The summed E-state index contributed by atoms with van der Waals surface area (Å²) in [4.78, 5) is 6.37. The third kappa shape index (κ3) is 6.88. The molecule has 0 saturated heterocycles. The molecule has 1 heterocycles. The monoisotopic (exact) mass is 491 g/mol. The van der Waals surface area contributed by atoms with E-state index in [4.69, 9.17) is 9.47 Å². The summed E-state index contributed by atoms with van der Waals surface area (Å²) in [5, 5.41) is 0. The van der Waals surface area contributed by atoms with Crippen LogP contribution in [-0.2, 0) is 10.0 Å². The number of aromatic nitrogens is 1. The van der Waals surface area contributed by atoms with Crippen molar-refractivity contribution in [2.45, 2.75) is 13.8 Å². The van der Waals surface area contributed by atoms with E-state index in [1.165, 1.54) is 25.1 Å². The second-order valence-electron chi connectivity index (χ2n) is 7.88. The van der Waals surface area contributed by atoms with Gasteiger partial charge in [-0.3, -0.25) is 4.72 Å². The van der Waals surface area contributed by atoms with Gasteiger partial charge in [0.2, 0.25) is 15.9 Å². The van der Waals surface area contributed by atoms with Crippen molar-refractivity contribution in [1.29, 1.82) is 0 Å². The number of nitrogens with zero attached hydrogens (tertiary/aromatic N) is 2. The molecular formula is C24H27F2N3O4S. The first-order valence-electron chi connectivity index (χ1n) is 10.6. The minimum atomic E-state index is -3.53. The van der Waals surface area contributed by atoms with Crippen molar-refractivity contribution in [2.24, 2.45) is 0 Å². The number of nitrogens with one attached hydrogen (secondary N) is 1. The molecule has 0 bridgehead atoms. The number of anilines is 1. The normalized spacial score (nSPS) is 11.5. The Kier molecular flexibility index (Phi) is 8.06. The molecule has 0 saturated carbocycles. The van der Waals surface area contributed by atoms with Gasteiger partial charge in [-0.15, -0.1) is 0 Å². The number of benzene rings is 2. The van der Waals surface area contributed by atoms with E-state index >= 15 is 0 Å². The van der Waals surface area contributed by atoms with Crippen LogP contribution in [0.15, 0.2) is 48.5 Å². The van der Waals surface area contributed by atoms with Crippen molar-refractivity contribution in [2.75, 3.05) is 37.7 Å². The number of hydrogen-bond acceptors (Lipinski definition) is 6. The highest BCUT2D eigenvalue weighted by Crippen LogP contribution is 2.38. The van der Waals surface area contributed by atoms with E-state index < -0.39 is 21.7 Å². The minimum Gasteiger partial charge on any atom is -0.476 e. The van der Waals surface area contributed by atoms with Crippen molar-refractivity contribution in [3.05, 3.63) is 65.9 Å². The fourth-order valence-electron chi connectivity index (χ4n) is 3.04. The summed E-state index contributed by atoms with van der Waals surface area (Å²) in [5.41, 5.74) is 2.08. The number of pyridine rings is 1. The zero-order valence-corrected chi connectivity index (χ0v) is 20.2. The number of ether oxygens (including phenoxy) is 2. The lowest BCUT2D eigenvalue weighted by molar-refractivity contribution is 0.253. The van der Waals surface area contributed by atoms with Crippen LogP contribution in [0.2, 0.25) is 0 Å². The molecule has 10 heteroatoms. The Morgan fingerprint density at radius 2 is 1.76 bits per heavy atom. The summed E-state index contributed by atoms with van der Waals surface area (Å²) < 4.78 is 65.8. The number of hydrogen-bond donors (Lipinski definition) is 1. The van der Waals surface area contributed by atoms with E-state index in [-0.39, 0.29) is 17.3 Å². The van der Waals surface area contributed by atoms with Gasteiger partial charge in [-0.2, -0.15) is 0 Å². The molecule has 34 heavy (non-hydrogen) atoms. The SMILES string of the molecule is CCS(=O)(=O)Nc1ccc(Oc2ccc(F)cc2F)c(-c2cc(C)nc(OCCN(C)C)c2)c1. The van der Waals surface area contributed by atoms with Crippen LogP contribution in [0.5, 0.6) is 17.4 Å². The van der Waals surface area contributed by atoms with Crippen LogP contribution in [-0.4, -0.2) is 51.3 Å². The highest BCUT2D eigenvalue weighted by Gasteiger charge is 2.16. The minimum absolute atomic E-state index is 0.0976. The Balaban J connectivity index is 2.05. The van der Waals surface area contributed by atoms with E-state index in [1.54, 1.807) is 25.1 Å². The maximum Gasteiger partial charge on any atom is 0.232 e. The Hall–Kier alpha value is -3.24. The number of aryl methyl sites for hydroxylation is 1.